The van der Waals surface area contributed by atoms with Crippen LogP contribution in [0.4, 0.5) is 0 Å². The summed E-state index contributed by atoms with van der Waals surface area (Å²) in [7, 11) is -3.28. The molecule has 2 atom stereocenters. The van der Waals surface area contributed by atoms with Crippen molar-refractivity contribution in [3.05, 3.63) is 35.9 Å². The van der Waals surface area contributed by atoms with Crippen LogP contribution in [0.2, 0.25) is 0 Å². The molecule has 2 fully saturated rings. The number of carbonyl (C=O) groups is 1. The average Bonchev–Trinajstić information content (AvgIpc) is 3.16. The maximum absolute atomic E-state index is 12.0. The number of amides is 1. The first kappa shape index (κ1) is 12.6. The van der Waals surface area contributed by atoms with Crippen molar-refractivity contribution in [1.29, 1.82) is 0 Å². The van der Waals surface area contributed by atoms with Crippen LogP contribution in [0, 0.1) is 0 Å². The van der Waals surface area contributed by atoms with Gasteiger partial charge in [0, 0.05) is 6.42 Å². The van der Waals surface area contributed by atoms with Crippen LogP contribution in [0.1, 0.15) is 30.9 Å². The molecule has 1 aromatic rings. The Morgan fingerprint density at radius 3 is 2.47 bits per heavy atom. The SMILES string of the molecule is O=C1CC(NS(=O)(=O)C2CC2)C(c2ccccc2)N1. The highest BCUT2D eigenvalue weighted by Crippen LogP contribution is 2.30. The van der Waals surface area contributed by atoms with Crippen molar-refractivity contribution in [3.63, 3.8) is 0 Å². The Hall–Kier alpha value is -1.40. The number of carbonyl (C=O) groups excluding carboxylic acids is 1. The molecule has 0 bridgehead atoms. The number of hydrogen-bond acceptors (Lipinski definition) is 3. The number of benzene rings is 1. The lowest BCUT2D eigenvalue weighted by Crippen LogP contribution is -2.40. The minimum absolute atomic E-state index is 0.114. The molecule has 3 rings (SSSR count). The summed E-state index contributed by atoms with van der Waals surface area (Å²) in [4.78, 5) is 11.6. The maximum atomic E-state index is 12.0. The first-order valence-electron chi connectivity index (χ1n) is 6.42. The molecule has 1 saturated carbocycles. The van der Waals surface area contributed by atoms with Gasteiger partial charge in [0.2, 0.25) is 15.9 Å². The molecule has 2 aliphatic rings. The molecule has 5 nitrogen and oxygen atoms in total. The van der Waals surface area contributed by atoms with Gasteiger partial charge in [-0.25, -0.2) is 13.1 Å². The Bertz CT molecular complexity index is 581. The molecule has 19 heavy (non-hydrogen) atoms. The van der Waals surface area contributed by atoms with Gasteiger partial charge < -0.3 is 5.32 Å². The molecule has 6 heteroatoms. The molecule has 1 aromatic carbocycles. The first-order valence-corrected chi connectivity index (χ1v) is 7.96. The van der Waals surface area contributed by atoms with Crippen LogP contribution >= 0.6 is 0 Å². The standard InChI is InChI=1S/C13H16N2O3S/c16-12-8-11(15-19(17,18)10-6-7-10)13(14-12)9-4-2-1-3-5-9/h1-5,10-11,13,15H,6-8H2,(H,14,16). The molecule has 1 saturated heterocycles. The van der Waals surface area contributed by atoms with E-state index in [2.05, 4.69) is 10.0 Å². The molecular formula is C13H16N2O3S. The summed E-state index contributed by atoms with van der Waals surface area (Å²) in [6.45, 7) is 0. The lowest BCUT2D eigenvalue weighted by molar-refractivity contribution is -0.119. The van der Waals surface area contributed by atoms with Crippen molar-refractivity contribution in [2.24, 2.45) is 0 Å². The van der Waals surface area contributed by atoms with E-state index in [4.69, 9.17) is 0 Å². The summed E-state index contributed by atoms with van der Waals surface area (Å²) in [5.41, 5.74) is 0.928. The maximum Gasteiger partial charge on any atom is 0.222 e. The Kier molecular flexibility index (Phi) is 3.06. The van der Waals surface area contributed by atoms with Gasteiger partial charge in [0.05, 0.1) is 17.3 Å². The zero-order valence-electron chi connectivity index (χ0n) is 10.4. The van der Waals surface area contributed by atoms with Crippen molar-refractivity contribution in [3.8, 4) is 0 Å². The zero-order chi connectivity index (χ0) is 13.5. The molecule has 1 heterocycles. The zero-order valence-corrected chi connectivity index (χ0v) is 11.2. The second-order valence-corrected chi connectivity index (χ2v) is 7.12. The van der Waals surface area contributed by atoms with E-state index >= 15 is 0 Å². The molecule has 0 spiro atoms. The van der Waals surface area contributed by atoms with Crippen molar-refractivity contribution >= 4 is 15.9 Å². The lowest BCUT2D eigenvalue weighted by Gasteiger charge is -2.20. The van der Waals surface area contributed by atoms with Gasteiger partial charge in [-0.2, -0.15) is 0 Å². The van der Waals surface area contributed by atoms with Gasteiger partial charge >= 0.3 is 0 Å². The third-order valence-electron chi connectivity index (χ3n) is 3.56. The average molecular weight is 280 g/mol. The van der Waals surface area contributed by atoms with Crippen LogP contribution < -0.4 is 10.0 Å². The number of sulfonamides is 1. The Morgan fingerprint density at radius 2 is 1.84 bits per heavy atom. The minimum atomic E-state index is -3.28. The molecule has 102 valence electrons. The molecule has 1 aliphatic carbocycles. The predicted molar refractivity (Wildman–Crippen MR) is 70.8 cm³/mol. The highest BCUT2D eigenvalue weighted by Gasteiger charge is 2.41. The van der Waals surface area contributed by atoms with E-state index in [0.717, 1.165) is 18.4 Å². The smallest absolute Gasteiger partial charge is 0.222 e. The van der Waals surface area contributed by atoms with Gasteiger partial charge in [-0.05, 0) is 18.4 Å². The normalized spacial score (nSPS) is 27.3. The molecule has 0 aromatic heterocycles. The first-order chi connectivity index (χ1) is 9.06. The second kappa shape index (κ2) is 4.61. The van der Waals surface area contributed by atoms with Gasteiger partial charge in [0.1, 0.15) is 0 Å². The number of rotatable bonds is 4. The van der Waals surface area contributed by atoms with Crippen LogP contribution in [-0.4, -0.2) is 25.6 Å². The van der Waals surface area contributed by atoms with Crippen LogP contribution in [0.25, 0.3) is 0 Å². The summed E-state index contributed by atoms with van der Waals surface area (Å²) in [6, 6.07) is 8.79. The Balaban J connectivity index is 1.81. The van der Waals surface area contributed by atoms with E-state index in [-0.39, 0.29) is 29.7 Å². The highest BCUT2D eigenvalue weighted by atomic mass is 32.2. The fraction of sp³-hybridized carbons (Fsp3) is 0.462. The van der Waals surface area contributed by atoms with Gasteiger partial charge in [0.25, 0.3) is 0 Å². The van der Waals surface area contributed by atoms with Crippen LogP contribution in [0.3, 0.4) is 0 Å². The van der Waals surface area contributed by atoms with Gasteiger partial charge in [-0.15, -0.1) is 0 Å². The lowest BCUT2D eigenvalue weighted by atomic mass is 10.0. The van der Waals surface area contributed by atoms with Crippen LogP contribution in [-0.2, 0) is 14.8 Å². The summed E-state index contributed by atoms with van der Waals surface area (Å²) in [5.74, 6) is -0.114. The molecule has 0 radical (unpaired) electrons. The van der Waals surface area contributed by atoms with Crippen molar-refractivity contribution < 1.29 is 13.2 Å². The molecule has 2 unspecified atom stereocenters. The fourth-order valence-corrected chi connectivity index (χ4v) is 4.01. The summed E-state index contributed by atoms with van der Waals surface area (Å²) in [5, 5.41) is 2.57. The molecule has 1 aliphatic heterocycles. The topological polar surface area (TPSA) is 75.3 Å². The number of hydrogen-bond donors (Lipinski definition) is 2. The van der Waals surface area contributed by atoms with E-state index in [0.29, 0.717) is 0 Å². The second-order valence-electron chi connectivity index (χ2n) is 5.13. The van der Waals surface area contributed by atoms with Gasteiger partial charge in [-0.3, -0.25) is 4.79 Å². The third-order valence-corrected chi connectivity index (χ3v) is 5.54. The fourth-order valence-electron chi connectivity index (χ4n) is 2.42. The van der Waals surface area contributed by atoms with Crippen molar-refractivity contribution in [2.75, 3.05) is 0 Å². The van der Waals surface area contributed by atoms with E-state index in [1.165, 1.54) is 0 Å². The summed E-state index contributed by atoms with van der Waals surface area (Å²) in [6.07, 6.45) is 1.64. The third kappa shape index (κ3) is 2.64. The van der Waals surface area contributed by atoms with Gasteiger partial charge in [-0.1, -0.05) is 30.3 Å². The summed E-state index contributed by atoms with van der Waals surface area (Å²) >= 11 is 0. The molecule has 1 amide bonds. The molecular weight excluding hydrogens is 264 g/mol. The van der Waals surface area contributed by atoms with Crippen molar-refractivity contribution in [1.82, 2.24) is 10.0 Å². The molecule has 2 N–H and O–H groups in total. The Morgan fingerprint density at radius 1 is 1.16 bits per heavy atom. The predicted octanol–water partition coefficient (Wildman–Crippen LogP) is 0.698. The van der Waals surface area contributed by atoms with E-state index in [9.17, 15) is 13.2 Å². The Labute approximate surface area is 112 Å². The van der Waals surface area contributed by atoms with E-state index in [1.54, 1.807) is 0 Å². The number of nitrogens with one attached hydrogen (secondary N) is 2. The quantitative estimate of drug-likeness (QED) is 0.852. The summed E-state index contributed by atoms with van der Waals surface area (Å²) < 4.78 is 26.6. The van der Waals surface area contributed by atoms with Crippen molar-refractivity contribution in [2.45, 2.75) is 36.6 Å². The van der Waals surface area contributed by atoms with E-state index in [1.807, 2.05) is 30.3 Å². The van der Waals surface area contributed by atoms with Gasteiger partial charge in [0.15, 0.2) is 0 Å². The minimum Gasteiger partial charge on any atom is -0.348 e. The highest BCUT2D eigenvalue weighted by molar-refractivity contribution is 7.90. The monoisotopic (exact) mass is 280 g/mol. The van der Waals surface area contributed by atoms with Crippen LogP contribution in [0.5, 0.6) is 0 Å². The largest absolute Gasteiger partial charge is 0.348 e. The van der Waals surface area contributed by atoms with Crippen LogP contribution in [0.15, 0.2) is 30.3 Å². The van der Waals surface area contributed by atoms with E-state index < -0.39 is 10.0 Å².